The van der Waals surface area contributed by atoms with Crippen LogP contribution in [0, 0.1) is 0 Å². The SMILES string of the molecule is CC(C)Oc1cncc(C(N)c2ccoc2Cl)c1. The molecule has 1 atom stereocenters. The van der Waals surface area contributed by atoms with Crippen LogP contribution in [0.2, 0.25) is 5.22 Å². The summed E-state index contributed by atoms with van der Waals surface area (Å²) in [5.74, 6) is 0.692. The molecule has 2 aromatic rings. The van der Waals surface area contributed by atoms with E-state index in [0.717, 1.165) is 11.1 Å². The van der Waals surface area contributed by atoms with E-state index in [-0.39, 0.29) is 12.1 Å². The Bertz CT molecular complexity index is 525. The molecule has 2 heterocycles. The Morgan fingerprint density at radius 3 is 2.78 bits per heavy atom. The second-order valence-corrected chi connectivity index (χ2v) is 4.59. The highest BCUT2D eigenvalue weighted by molar-refractivity contribution is 6.29. The van der Waals surface area contributed by atoms with Gasteiger partial charge in [-0.1, -0.05) is 0 Å². The van der Waals surface area contributed by atoms with Crippen LogP contribution in [0.4, 0.5) is 0 Å². The Morgan fingerprint density at radius 2 is 2.17 bits per heavy atom. The number of hydrogen-bond donors (Lipinski definition) is 1. The molecule has 18 heavy (non-hydrogen) atoms. The molecule has 0 bridgehead atoms. The van der Waals surface area contributed by atoms with Gasteiger partial charge in [-0.25, -0.2) is 0 Å². The first-order valence-corrected chi connectivity index (χ1v) is 6.06. The van der Waals surface area contributed by atoms with E-state index in [9.17, 15) is 0 Å². The molecule has 4 nitrogen and oxygen atoms in total. The normalized spacial score (nSPS) is 12.7. The molecular formula is C13H15ClN2O2. The van der Waals surface area contributed by atoms with Gasteiger partial charge in [0.15, 0.2) is 5.22 Å². The van der Waals surface area contributed by atoms with Crippen molar-refractivity contribution < 1.29 is 9.15 Å². The number of furan rings is 1. The maximum Gasteiger partial charge on any atom is 0.198 e. The van der Waals surface area contributed by atoms with E-state index >= 15 is 0 Å². The van der Waals surface area contributed by atoms with Crippen LogP contribution < -0.4 is 10.5 Å². The van der Waals surface area contributed by atoms with Gasteiger partial charge < -0.3 is 14.9 Å². The molecule has 5 heteroatoms. The lowest BCUT2D eigenvalue weighted by atomic mass is 10.0. The van der Waals surface area contributed by atoms with Crippen LogP contribution in [-0.2, 0) is 0 Å². The summed E-state index contributed by atoms with van der Waals surface area (Å²) in [5, 5.41) is 0.303. The quantitative estimate of drug-likeness (QED) is 0.923. The Labute approximate surface area is 111 Å². The third kappa shape index (κ3) is 2.83. The third-order valence-electron chi connectivity index (χ3n) is 2.45. The van der Waals surface area contributed by atoms with Crippen molar-refractivity contribution in [2.75, 3.05) is 0 Å². The molecule has 0 aliphatic carbocycles. The predicted molar refractivity (Wildman–Crippen MR) is 69.7 cm³/mol. The molecule has 0 aromatic carbocycles. The lowest BCUT2D eigenvalue weighted by Crippen LogP contribution is -2.13. The zero-order valence-electron chi connectivity index (χ0n) is 10.3. The van der Waals surface area contributed by atoms with Crippen molar-refractivity contribution in [2.45, 2.75) is 26.0 Å². The average molecular weight is 267 g/mol. The van der Waals surface area contributed by atoms with Crippen LogP contribution in [0.25, 0.3) is 0 Å². The molecule has 0 aliphatic heterocycles. The number of rotatable bonds is 4. The predicted octanol–water partition coefficient (Wildman–Crippen LogP) is 3.16. The molecule has 2 rings (SSSR count). The molecular weight excluding hydrogens is 252 g/mol. The molecule has 2 aromatic heterocycles. The molecule has 0 amide bonds. The zero-order chi connectivity index (χ0) is 13.1. The van der Waals surface area contributed by atoms with Gasteiger partial charge in [-0.15, -0.1) is 0 Å². The fraction of sp³-hybridized carbons (Fsp3) is 0.308. The van der Waals surface area contributed by atoms with E-state index in [1.807, 2.05) is 19.9 Å². The molecule has 0 saturated heterocycles. The number of aromatic nitrogens is 1. The van der Waals surface area contributed by atoms with Gasteiger partial charge in [-0.05, 0) is 43.1 Å². The van der Waals surface area contributed by atoms with Crippen molar-refractivity contribution in [3.63, 3.8) is 0 Å². The molecule has 96 valence electrons. The summed E-state index contributed by atoms with van der Waals surface area (Å²) in [4.78, 5) is 4.12. The first-order chi connectivity index (χ1) is 8.58. The van der Waals surface area contributed by atoms with Gasteiger partial charge in [-0.3, -0.25) is 4.98 Å². The lowest BCUT2D eigenvalue weighted by molar-refractivity contribution is 0.241. The van der Waals surface area contributed by atoms with Gasteiger partial charge in [0, 0.05) is 11.8 Å². The molecule has 0 saturated carbocycles. The van der Waals surface area contributed by atoms with Crippen molar-refractivity contribution in [3.05, 3.63) is 47.1 Å². The van der Waals surface area contributed by atoms with Crippen molar-refractivity contribution in [1.82, 2.24) is 4.98 Å². The molecule has 1 unspecified atom stereocenters. The van der Waals surface area contributed by atoms with Crippen molar-refractivity contribution >= 4 is 11.6 Å². The highest BCUT2D eigenvalue weighted by Gasteiger charge is 2.16. The molecule has 0 aliphatic rings. The minimum Gasteiger partial charge on any atom is -0.489 e. The van der Waals surface area contributed by atoms with Crippen LogP contribution >= 0.6 is 11.6 Å². The number of halogens is 1. The van der Waals surface area contributed by atoms with Crippen LogP contribution in [0.15, 0.2) is 35.2 Å². The van der Waals surface area contributed by atoms with E-state index in [1.54, 1.807) is 18.5 Å². The van der Waals surface area contributed by atoms with Gasteiger partial charge in [0.2, 0.25) is 0 Å². The zero-order valence-corrected chi connectivity index (χ0v) is 11.0. The van der Waals surface area contributed by atoms with Crippen molar-refractivity contribution in [3.8, 4) is 5.75 Å². The van der Waals surface area contributed by atoms with Crippen LogP contribution in [0.1, 0.15) is 31.0 Å². The minimum absolute atomic E-state index is 0.0933. The van der Waals surface area contributed by atoms with Crippen molar-refractivity contribution in [2.24, 2.45) is 5.73 Å². The monoisotopic (exact) mass is 266 g/mol. The molecule has 0 fully saturated rings. The number of hydrogen-bond acceptors (Lipinski definition) is 4. The van der Waals surface area contributed by atoms with E-state index in [4.69, 9.17) is 26.5 Å². The van der Waals surface area contributed by atoms with Gasteiger partial charge in [0.05, 0.1) is 24.6 Å². The average Bonchev–Trinajstić information content (AvgIpc) is 2.74. The second-order valence-electron chi connectivity index (χ2n) is 4.25. The first kappa shape index (κ1) is 12.9. The highest BCUT2D eigenvalue weighted by atomic mass is 35.5. The maximum atomic E-state index is 6.12. The van der Waals surface area contributed by atoms with E-state index in [1.165, 1.54) is 6.26 Å². The minimum atomic E-state index is -0.375. The summed E-state index contributed by atoms with van der Waals surface area (Å²) >= 11 is 5.91. The Kier molecular flexibility index (Phi) is 3.89. The van der Waals surface area contributed by atoms with Gasteiger partial charge in [-0.2, -0.15) is 0 Å². The number of pyridine rings is 1. The highest BCUT2D eigenvalue weighted by Crippen LogP contribution is 2.28. The van der Waals surface area contributed by atoms with E-state index < -0.39 is 0 Å². The first-order valence-electron chi connectivity index (χ1n) is 5.68. The van der Waals surface area contributed by atoms with Gasteiger partial charge in [0.1, 0.15) is 5.75 Å². The summed E-state index contributed by atoms with van der Waals surface area (Å²) < 4.78 is 10.6. The fourth-order valence-electron chi connectivity index (χ4n) is 1.65. The number of nitrogens with two attached hydrogens (primary N) is 1. The summed E-state index contributed by atoms with van der Waals surface area (Å²) in [6.07, 6.45) is 4.96. The lowest BCUT2D eigenvalue weighted by Gasteiger charge is -2.13. The Balaban J connectivity index is 2.25. The van der Waals surface area contributed by atoms with E-state index in [2.05, 4.69) is 4.98 Å². The van der Waals surface area contributed by atoms with Gasteiger partial charge in [0.25, 0.3) is 0 Å². The Hall–Kier alpha value is -1.52. The number of ether oxygens (including phenoxy) is 1. The van der Waals surface area contributed by atoms with Gasteiger partial charge >= 0.3 is 0 Å². The summed E-state index contributed by atoms with van der Waals surface area (Å²) in [7, 11) is 0. The summed E-state index contributed by atoms with van der Waals surface area (Å²) in [6, 6.07) is 3.24. The van der Waals surface area contributed by atoms with Crippen LogP contribution in [0.3, 0.4) is 0 Å². The third-order valence-corrected chi connectivity index (χ3v) is 2.75. The van der Waals surface area contributed by atoms with Crippen LogP contribution in [-0.4, -0.2) is 11.1 Å². The topological polar surface area (TPSA) is 61.3 Å². The second kappa shape index (κ2) is 5.42. The van der Waals surface area contributed by atoms with Crippen molar-refractivity contribution in [1.29, 1.82) is 0 Å². The molecule has 2 N–H and O–H groups in total. The summed E-state index contributed by atoms with van der Waals surface area (Å²) in [6.45, 7) is 3.92. The smallest absolute Gasteiger partial charge is 0.198 e. The molecule has 0 spiro atoms. The number of nitrogens with zero attached hydrogens (tertiary/aromatic N) is 1. The van der Waals surface area contributed by atoms with E-state index in [0.29, 0.717) is 11.0 Å². The van der Waals surface area contributed by atoms with Crippen LogP contribution in [0.5, 0.6) is 5.75 Å². The standard InChI is InChI=1S/C13H15ClN2O2/c1-8(2)18-10-5-9(6-16-7-10)12(15)11-3-4-17-13(11)14/h3-8,12H,15H2,1-2H3. The Morgan fingerprint density at radius 1 is 1.39 bits per heavy atom. The molecule has 0 radical (unpaired) electrons. The fourth-order valence-corrected chi connectivity index (χ4v) is 1.88. The summed E-state index contributed by atoms with van der Waals surface area (Å²) in [5.41, 5.74) is 7.69. The maximum absolute atomic E-state index is 6.12. The largest absolute Gasteiger partial charge is 0.489 e.